The second-order valence-corrected chi connectivity index (χ2v) is 8.88. The van der Waals surface area contributed by atoms with E-state index in [2.05, 4.69) is 19.9 Å². The monoisotopic (exact) mass is 509 g/mol. The zero-order valence-electron chi connectivity index (χ0n) is 20.1. The van der Waals surface area contributed by atoms with Crippen molar-refractivity contribution in [2.75, 3.05) is 7.11 Å². The van der Waals surface area contributed by atoms with E-state index in [1.165, 1.54) is 13.3 Å². The number of nitrogens with two attached hydrogens (primary N) is 1. The fraction of sp³-hybridized carbons (Fsp3) is 0.280. The topological polar surface area (TPSA) is 119 Å². The number of methoxy groups -OCH3 is 1. The molecule has 1 fully saturated rings. The molecular formula is C25H24F3N8O+. The fourth-order valence-electron chi connectivity index (χ4n) is 4.04. The number of aromatic nitrogens is 6. The number of nitrogens with zero attached hydrogens (tertiary/aromatic N) is 6. The van der Waals surface area contributed by atoms with Gasteiger partial charge in [-0.1, -0.05) is 12.1 Å². The van der Waals surface area contributed by atoms with Gasteiger partial charge >= 0.3 is 6.18 Å². The highest BCUT2D eigenvalue weighted by Crippen LogP contribution is 2.44. The number of alkyl halides is 3. The molecule has 3 aromatic heterocycles. The Hall–Kier alpha value is -4.19. The van der Waals surface area contributed by atoms with Crippen LogP contribution in [0.4, 0.5) is 18.9 Å². The van der Waals surface area contributed by atoms with E-state index in [1.807, 2.05) is 28.8 Å². The Morgan fingerprint density at radius 3 is 2.59 bits per heavy atom. The van der Waals surface area contributed by atoms with Crippen LogP contribution in [0, 0.1) is 5.41 Å². The van der Waals surface area contributed by atoms with Crippen molar-refractivity contribution in [2.24, 2.45) is 0 Å². The molecule has 1 aliphatic carbocycles. The lowest BCUT2D eigenvalue weighted by molar-refractivity contribution is -0.517. The summed E-state index contributed by atoms with van der Waals surface area (Å²) in [4.78, 5) is 22.4. The molecule has 0 unspecified atom stereocenters. The van der Waals surface area contributed by atoms with Crippen LogP contribution in [0.5, 0.6) is 5.88 Å². The Morgan fingerprint density at radius 2 is 1.92 bits per heavy atom. The molecule has 4 aromatic rings. The molecular weight excluding hydrogens is 485 g/mol. The second-order valence-electron chi connectivity index (χ2n) is 8.88. The number of rotatable bonds is 8. The zero-order chi connectivity index (χ0) is 26.2. The van der Waals surface area contributed by atoms with Gasteiger partial charge in [0.05, 0.1) is 31.9 Å². The molecule has 1 aliphatic rings. The third-order valence-corrected chi connectivity index (χ3v) is 5.99. The van der Waals surface area contributed by atoms with Gasteiger partial charge in [-0.25, -0.2) is 24.9 Å². The molecule has 190 valence electrons. The van der Waals surface area contributed by atoms with Crippen molar-refractivity contribution in [3.05, 3.63) is 66.1 Å². The van der Waals surface area contributed by atoms with Crippen LogP contribution >= 0.6 is 0 Å². The van der Waals surface area contributed by atoms with E-state index in [0.29, 0.717) is 46.6 Å². The molecule has 0 amide bonds. The lowest BCUT2D eigenvalue weighted by Gasteiger charge is -2.11. The van der Waals surface area contributed by atoms with Gasteiger partial charge in [0, 0.05) is 18.9 Å². The van der Waals surface area contributed by atoms with Crippen LogP contribution in [0.1, 0.15) is 36.9 Å². The van der Waals surface area contributed by atoms with Crippen molar-refractivity contribution >= 4 is 22.6 Å². The predicted molar refractivity (Wildman–Crippen MR) is 130 cm³/mol. The molecule has 9 nitrogen and oxygen atoms in total. The highest BCUT2D eigenvalue weighted by Gasteiger charge is 2.33. The number of halogens is 3. The number of hydrogen-bond acceptors (Lipinski definition) is 7. The number of nitrogens with one attached hydrogen (secondary N) is 1. The average Bonchev–Trinajstić information content (AvgIpc) is 3.65. The lowest BCUT2D eigenvalue weighted by Crippen LogP contribution is -2.75. The highest BCUT2D eigenvalue weighted by atomic mass is 19.4. The summed E-state index contributed by atoms with van der Waals surface area (Å²) in [7, 11) is 1.56. The van der Waals surface area contributed by atoms with Gasteiger partial charge in [-0.3, -0.25) is 10.7 Å². The summed E-state index contributed by atoms with van der Waals surface area (Å²) in [6.07, 6.45) is 3.13. The molecule has 0 radical (unpaired) electrons. The highest BCUT2D eigenvalue weighted by molar-refractivity contribution is 5.97. The van der Waals surface area contributed by atoms with E-state index in [4.69, 9.17) is 15.1 Å². The van der Waals surface area contributed by atoms with E-state index < -0.39 is 11.9 Å². The summed E-state index contributed by atoms with van der Waals surface area (Å²) >= 11 is 0. The third kappa shape index (κ3) is 5.33. The first kappa shape index (κ1) is 24.5. The smallest absolute Gasteiger partial charge is 0.432 e. The minimum atomic E-state index is -4.66. The molecule has 3 N–H and O–H groups in total. The number of fused-ring (bicyclic) bond motifs is 1. The maximum atomic E-state index is 12.6. The number of benzene rings is 1. The molecule has 0 atom stereocenters. The fourth-order valence-corrected chi connectivity index (χ4v) is 4.04. The minimum Gasteiger partial charge on any atom is -0.480 e. The normalized spacial score (nSPS) is 14.2. The molecule has 1 saturated carbocycles. The van der Waals surface area contributed by atoms with Crippen molar-refractivity contribution < 1.29 is 23.2 Å². The Balaban J connectivity index is 1.38. The summed E-state index contributed by atoms with van der Waals surface area (Å²) in [5, 5.41) is 8.72. The Morgan fingerprint density at radius 1 is 1.16 bits per heavy atom. The average molecular weight is 510 g/mol. The van der Waals surface area contributed by atoms with Crippen LogP contribution in [-0.4, -0.2) is 48.5 Å². The maximum absolute atomic E-state index is 12.6. The van der Waals surface area contributed by atoms with Crippen LogP contribution in [0.25, 0.3) is 22.6 Å². The molecule has 1 aromatic carbocycles. The van der Waals surface area contributed by atoms with Gasteiger partial charge < -0.3 is 9.30 Å². The van der Waals surface area contributed by atoms with Gasteiger partial charge in [-0.2, -0.15) is 13.2 Å². The van der Waals surface area contributed by atoms with E-state index in [9.17, 15) is 13.2 Å². The van der Waals surface area contributed by atoms with E-state index in [-0.39, 0.29) is 0 Å². The first-order chi connectivity index (χ1) is 17.7. The van der Waals surface area contributed by atoms with Gasteiger partial charge in [0.2, 0.25) is 5.88 Å². The van der Waals surface area contributed by atoms with Crippen molar-refractivity contribution in [3.63, 3.8) is 0 Å². The van der Waals surface area contributed by atoms with Crippen LogP contribution in [0.15, 0.2) is 54.9 Å². The van der Waals surface area contributed by atoms with Gasteiger partial charge in [-0.15, -0.1) is 0 Å². The summed E-state index contributed by atoms with van der Waals surface area (Å²) in [6, 6.07) is 7.41. The molecule has 0 aliphatic heterocycles. The number of allylic oxidation sites excluding steroid dienone is 2. The Kier molecular flexibility index (Phi) is 6.42. The van der Waals surface area contributed by atoms with Crippen molar-refractivity contribution in [3.8, 4) is 17.3 Å². The summed E-state index contributed by atoms with van der Waals surface area (Å²) in [5.74, 6) is 1.26. The second kappa shape index (κ2) is 9.69. The van der Waals surface area contributed by atoms with Crippen LogP contribution in [0.3, 0.4) is 0 Å². The van der Waals surface area contributed by atoms with Gasteiger partial charge in [-0.05, 0) is 30.5 Å². The summed E-state index contributed by atoms with van der Waals surface area (Å²) in [6.45, 7) is 2.02. The van der Waals surface area contributed by atoms with Crippen molar-refractivity contribution in [2.45, 2.75) is 38.4 Å². The third-order valence-electron chi connectivity index (χ3n) is 5.99. The number of imidazole rings is 1. The van der Waals surface area contributed by atoms with Crippen molar-refractivity contribution in [1.29, 1.82) is 5.41 Å². The first-order valence-corrected chi connectivity index (χ1v) is 11.6. The van der Waals surface area contributed by atoms with Gasteiger partial charge in [0.1, 0.15) is 34.5 Å². The van der Waals surface area contributed by atoms with Crippen LogP contribution < -0.4 is 10.1 Å². The molecule has 0 saturated heterocycles. The predicted octanol–water partition coefficient (Wildman–Crippen LogP) is 3.90. The standard InChI is InChI=1S/C25H23F3N8O/c1-14(9-19(29)25(26,27)28)34-17-7-3-15(4-8-17)11-36-13-33-18-10-30-22(35-23(18)36)20-21(16-5-6-16)31-12-32-24(20)37-2/h3-4,7-10,12-13,16,29,34H,5-6,11H2,1-2H3/p+1/b14-9-,29-19?. The summed E-state index contributed by atoms with van der Waals surface area (Å²) in [5.41, 5.74) is 3.53. The molecule has 3 heterocycles. The molecule has 0 spiro atoms. The SMILES string of the molecule is COc1ncnc(C2CC2)c1-c1ncc2ncn(Cc3ccc([NH2+]/C(C)=C\C(=N)C(F)(F)F)cc3)c2n1. The quantitative estimate of drug-likeness (QED) is 0.275. The maximum Gasteiger partial charge on any atom is 0.432 e. The minimum absolute atomic E-state index is 0.339. The van der Waals surface area contributed by atoms with E-state index >= 15 is 0 Å². The number of hydrogen-bond donors (Lipinski definition) is 2. The number of ether oxygens (including phenoxy) is 1. The summed E-state index contributed by atoms with van der Waals surface area (Å²) < 4.78 is 45.2. The Bertz CT molecular complexity index is 1490. The lowest BCUT2D eigenvalue weighted by atomic mass is 10.1. The molecule has 12 heteroatoms. The first-order valence-electron chi connectivity index (χ1n) is 11.6. The van der Waals surface area contributed by atoms with E-state index in [0.717, 1.165) is 35.9 Å². The zero-order valence-corrected chi connectivity index (χ0v) is 20.1. The van der Waals surface area contributed by atoms with E-state index in [1.54, 1.807) is 25.0 Å². The molecule has 0 bridgehead atoms. The van der Waals surface area contributed by atoms with Gasteiger partial charge in [0.25, 0.3) is 0 Å². The number of quaternary nitrogens is 1. The van der Waals surface area contributed by atoms with Crippen LogP contribution in [-0.2, 0) is 6.54 Å². The molecule has 37 heavy (non-hydrogen) atoms. The Labute approximate surface area is 210 Å². The molecule has 5 rings (SSSR count). The van der Waals surface area contributed by atoms with Crippen molar-refractivity contribution in [1.82, 2.24) is 29.5 Å². The largest absolute Gasteiger partial charge is 0.480 e. The van der Waals surface area contributed by atoms with Gasteiger partial charge in [0.15, 0.2) is 11.5 Å². The van der Waals surface area contributed by atoms with Crippen LogP contribution in [0.2, 0.25) is 0 Å².